The van der Waals surface area contributed by atoms with Crippen LogP contribution >= 0.6 is 11.3 Å². The van der Waals surface area contributed by atoms with E-state index in [2.05, 4.69) is 36.0 Å². The Morgan fingerprint density at radius 2 is 2.24 bits per heavy atom. The normalized spacial score (nSPS) is 19.3. The molecule has 110 valence electrons. The van der Waals surface area contributed by atoms with Gasteiger partial charge in [-0.2, -0.15) is 5.10 Å². The third-order valence-corrected chi connectivity index (χ3v) is 5.85. The van der Waals surface area contributed by atoms with E-state index in [1.807, 2.05) is 0 Å². The molecule has 0 aliphatic heterocycles. The van der Waals surface area contributed by atoms with Gasteiger partial charge in [0.1, 0.15) is 11.2 Å². The molecule has 3 aromatic heterocycles. The van der Waals surface area contributed by atoms with Crippen molar-refractivity contribution in [3.8, 4) is 0 Å². The van der Waals surface area contributed by atoms with E-state index >= 15 is 0 Å². The summed E-state index contributed by atoms with van der Waals surface area (Å²) in [7, 11) is 0. The van der Waals surface area contributed by atoms with Crippen molar-refractivity contribution in [2.45, 2.75) is 40.0 Å². The number of thiophene rings is 1. The van der Waals surface area contributed by atoms with E-state index in [9.17, 15) is 4.79 Å². The van der Waals surface area contributed by atoms with Crippen LogP contribution in [0.5, 0.6) is 0 Å². The van der Waals surface area contributed by atoms with Gasteiger partial charge in [-0.3, -0.25) is 0 Å². The van der Waals surface area contributed by atoms with Crippen LogP contribution in [0, 0.1) is 11.3 Å². The highest BCUT2D eigenvalue weighted by atomic mass is 32.1. The lowest BCUT2D eigenvalue weighted by Crippen LogP contribution is -2.26. The average molecular weight is 302 g/mol. The van der Waals surface area contributed by atoms with Gasteiger partial charge in [-0.15, -0.1) is 11.3 Å². The Kier molecular flexibility index (Phi) is 2.58. The first-order valence-corrected chi connectivity index (χ1v) is 8.13. The molecule has 21 heavy (non-hydrogen) atoms. The second-order valence-electron chi connectivity index (χ2n) is 6.96. The molecular formula is C15H18N4OS. The molecule has 5 nitrogen and oxygen atoms in total. The minimum absolute atomic E-state index is 0.220. The molecule has 0 spiro atoms. The number of H-pyrrole nitrogens is 1. The molecule has 0 fully saturated rings. The summed E-state index contributed by atoms with van der Waals surface area (Å²) >= 11 is 1.76. The summed E-state index contributed by atoms with van der Waals surface area (Å²) < 4.78 is 1.51. The van der Waals surface area contributed by atoms with E-state index in [-0.39, 0.29) is 5.69 Å². The molecule has 6 heteroatoms. The van der Waals surface area contributed by atoms with Crippen molar-refractivity contribution in [3.05, 3.63) is 27.3 Å². The molecular weight excluding hydrogens is 284 g/mol. The lowest BCUT2D eigenvalue weighted by Gasteiger charge is -2.33. The molecule has 1 N–H and O–H groups in total. The van der Waals surface area contributed by atoms with Gasteiger partial charge in [0, 0.05) is 4.88 Å². The number of aromatic amines is 1. The SMILES string of the molecule is CC(C)(C)C1CCc2c(sc3ncn4c(=O)[nH]nc4c23)C1. The minimum atomic E-state index is -0.220. The van der Waals surface area contributed by atoms with E-state index in [1.54, 1.807) is 17.7 Å². The number of rotatable bonds is 0. The lowest BCUT2D eigenvalue weighted by atomic mass is 9.72. The zero-order valence-electron chi connectivity index (χ0n) is 12.4. The zero-order chi connectivity index (χ0) is 14.8. The molecule has 3 aromatic rings. The molecule has 1 aliphatic carbocycles. The first-order chi connectivity index (χ1) is 9.95. The number of hydrogen-bond donors (Lipinski definition) is 1. The highest BCUT2D eigenvalue weighted by Gasteiger charge is 2.31. The third kappa shape index (κ3) is 1.85. The van der Waals surface area contributed by atoms with Gasteiger partial charge < -0.3 is 0 Å². The van der Waals surface area contributed by atoms with Crippen LogP contribution in [0.1, 0.15) is 37.6 Å². The zero-order valence-corrected chi connectivity index (χ0v) is 13.3. The summed E-state index contributed by atoms with van der Waals surface area (Å²) in [5, 5.41) is 7.78. The number of hydrogen-bond acceptors (Lipinski definition) is 4. The number of nitrogens with zero attached hydrogens (tertiary/aromatic N) is 3. The maximum atomic E-state index is 11.7. The number of fused-ring (bicyclic) bond motifs is 5. The smallest absolute Gasteiger partial charge is 0.246 e. The maximum absolute atomic E-state index is 11.7. The molecule has 1 unspecified atom stereocenters. The molecule has 0 radical (unpaired) electrons. The highest BCUT2D eigenvalue weighted by Crippen LogP contribution is 2.43. The standard InChI is InChI=1S/C15H18N4OS/c1-15(2,3)8-4-5-9-10(6-8)21-13-11(9)12-17-18-14(20)19(12)7-16-13/h7-8H,4-6H2,1-3H3,(H,18,20). The predicted octanol–water partition coefficient (Wildman–Crippen LogP) is 2.78. The van der Waals surface area contributed by atoms with Gasteiger partial charge in [-0.25, -0.2) is 19.3 Å². The van der Waals surface area contributed by atoms with Crippen LogP contribution in [0.4, 0.5) is 0 Å². The van der Waals surface area contributed by atoms with Crippen LogP contribution in [-0.4, -0.2) is 19.6 Å². The molecule has 4 rings (SSSR count). The fraction of sp³-hybridized carbons (Fsp3) is 0.533. The Morgan fingerprint density at radius 3 is 3.00 bits per heavy atom. The van der Waals surface area contributed by atoms with Crippen LogP contribution in [0.25, 0.3) is 15.9 Å². The van der Waals surface area contributed by atoms with Crippen molar-refractivity contribution in [3.63, 3.8) is 0 Å². The van der Waals surface area contributed by atoms with Crippen LogP contribution < -0.4 is 5.69 Å². The van der Waals surface area contributed by atoms with Crippen LogP contribution in [0.3, 0.4) is 0 Å². The van der Waals surface area contributed by atoms with E-state index in [0.717, 1.165) is 28.7 Å². The van der Waals surface area contributed by atoms with Gasteiger partial charge in [0.2, 0.25) is 0 Å². The van der Waals surface area contributed by atoms with Crippen LogP contribution in [-0.2, 0) is 12.8 Å². The Bertz CT molecular complexity index is 896. The summed E-state index contributed by atoms with van der Waals surface area (Å²) in [6.45, 7) is 6.96. The van der Waals surface area contributed by atoms with E-state index < -0.39 is 0 Å². The molecule has 0 saturated carbocycles. The summed E-state index contributed by atoms with van der Waals surface area (Å²) in [6.07, 6.45) is 4.94. The number of nitrogens with one attached hydrogen (secondary N) is 1. The van der Waals surface area contributed by atoms with E-state index in [1.165, 1.54) is 21.3 Å². The second-order valence-corrected chi connectivity index (χ2v) is 8.04. The van der Waals surface area contributed by atoms with Gasteiger partial charge >= 0.3 is 5.69 Å². The van der Waals surface area contributed by atoms with E-state index in [4.69, 9.17) is 0 Å². The van der Waals surface area contributed by atoms with Gasteiger partial charge in [-0.1, -0.05) is 20.8 Å². The first-order valence-electron chi connectivity index (χ1n) is 7.31. The van der Waals surface area contributed by atoms with Gasteiger partial charge in [-0.05, 0) is 36.2 Å². The maximum Gasteiger partial charge on any atom is 0.348 e. The fourth-order valence-corrected chi connectivity index (χ4v) is 4.59. The Balaban J connectivity index is 1.94. The average Bonchev–Trinajstić information content (AvgIpc) is 2.97. The van der Waals surface area contributed by atoms with Crippen molar-refractivity contribution in [1.82, 2.24) is 19.6 Å². The largest absolute Gasteiger partial charge is 0.348 e. The first kappa shape index (κ1) is 13.0. The van der Waals surface area contributed by atoms with Gasteiger partial charge in [0.05, 0.1) is 5.39 Å². The molecule has 0 saturated heterocycles. The Labute approximate surface area is 126 Å². The summed E-state index contributed by atoms with van der Waals surface area (Å²) in [5.41, 5.74) is 2.19. The molecule has 1 atom stereocenters. The number of aromatic nitrogens is 4. The van der Waals surface area contributed by atoms with E-state index in [0.29, 0.717) is 11.3 Å². The molecule has 0 aromatic carbocycles. The molecule has 1 aliphatic rings. The van der Waals surface area contributed by atoms with Crippen LogP contribution in [0.15, 0.2) is 11.1 Å². The Hall–Kier alpha value is -1.69. The fourth-order valence-electron chi connectivity index (χ4n) is 3.33. The summed E-state index contributed by atoms with van der Waals surface area (Å²) in [5.74, 6) is 0.704. The van der Waals surface area contributed by atoms with Crippen molar-refractivity contribution < 1.29 is 0 Å². The lowest BCUT2D eigenvalue weighted by molar-refractivity contribution is 0.218. The minimum Gasteiger partial charge on any atom is -0.246 e. The van der Waals surface area contributed by atoms with Crippen molar-refractivity contribution in [2.24, 2.45) is 11.3 Å². The summed E-state index contributed by atoms with van der Waals surface area (Å²) in [4.78, 5) is 18.6. The van der Waals surface area contributed by atoms with Crippen molar-refractivity contribution in [2.75, 3.05) is 0 Å². The van der Waals surface area contributed by atoms with Crippen molar-refractivity contribution >= 4 is 27.2 Å². The van der Waals surface area contributed by atoms with Crippen molar-refractivity contribution in [1.29, 1.82) is 0 Å². The van der Waals surface area contributed by atoms with Gasteiger partial charge in [0.25, 0.3) is 0 Å². The highest BCUT2D eigenvalue weighted by molar-refractivity contribution is 7.19. The molecule has 3 heterocycles. The van der Waals surface area contributed by atoms with Crippen LogP contribution in [0.2, 0.25) is 0 Å². The monoisotopic (exact) mass is 302 g/mol. The second kappa shape index (κ2) is 4.16. The Morgan fingerprint density at radius 1 is 1.43 bits per heavy atom. The number of aryl methyl sites for hydroxylation is 1. The molecule has 0 amide bonds. The third-order valence-electron chi connectivity index (χ3n) is 4.69. The predicted molar refractivity (Wildman–Crippen MR) is 84.0 cm³/mol. The topological polar surface area (TPSA) is 63.1 Å². The quantitative estimate of drug-likeness (QED) is 0.694. The summed E-state index contributed by atoms with van der Waals surface area (Å²) in [6, 6.07) is 0. The van der Waals surface area contributed by atoms with Gasteiger partial charge in [0.15, 0.2) is 5.65 Å². The molecule has 0 bridgehead atoms.